The molecule has 3 atom stereocenters. The summed E-state index contributed by atoms with van der Waals surface area (Å²) >= 11 is 0. The van der Waals surface area contributed by atoms with Gasteiger partial charge in [-0.05, 0) is 44.1 Å². The average molecular weight is 489 g/mol. The van der Waals surface area contributed by atoms with E-state index in [2.05, 4.69) is 35.4 Å². The highest BCUT2D eigenvalue weighted by molar-refractivity contribution is 14.0. The predicted molar refractivity (Wildman–Crippen MR) is 121 cm³/mol. The summed E-state index contributed by atoms with van der Waals surface area (Å²) in [7, 11) is 1.97. The van der Waals surface area contributed by atoms with E-state index in [0.717, 1.165) is 51.3 Å². The maximum absolute atomic E-state index is 10.4. The molecule has 1 aliphatic carbocycles. The highest BCUT2D eigenvalue weighted by atomic mass is 127. The SMILES string of the molecule is CCNC(=NCC1(C)CCCCC1O)N1CCC(Cc2cnn(C)c2)C1.I. The first kappa shape index (κ1) is 22.5. The fourth-order valence-electron chi connectivity index (χ4n) is 4.35. The van der Waals surface area contributed by atoms with Gasteiger partial charge in [0.05, 0.1) is 18.8 Å². The molecule has 154 valence electrons. The number of likely N-dealkylation sites (tertiary alicyclic amines) is 1. The number of aliphatic hydroxyl groups is 1. The molecule has 1 saturated heterocycles. The topological polar surface area (TPSA) is 65.7 Å². The van der Waals surface area contributed by atoms with Gasteiger partial charge in [-0.2, -0.15) is 5.10 Å². The van der Waals surface area contributed by atoms with E-state index in [1.807, 2.05) is 17.9 Å². The van der Waals surface area contributed by atoms with Crippen LogP contribution >= 0.6 is 24.0 Å². The zero-order chi connectivity index (χ0) is 18.6. The van der Waals surface area contributed by atoms with Gasteiger partial charge < -0.3 is 15.3 Å². The number of aromatic nitrogens is 2. The van der Waals surface area contributed by atoms with Crippen LogP contribution in [0.25, 0.3) is 0 Å². The summed E-state index contributed by atoms with van der Waals surface area (Å²) in [4.78, 5) is 7.33. The van der Waals surface area contributed by atoms with Gasteiger partial charge in [0.15, 0.2) is 5.96 Å². The Morgan fingerprint density at radius 1 is 1.41 bits per heavy atom. The number of aryl methyl sites for hydroxylation is 1. The summed E-state index contributed by atoms with van der Waals surface area (Å²) in [5.74, 6) is 1.67. The molecule has 1 aromatic heterocycles. The van der Waals surface area contributed by atoms with E-state index in [-0.39, 0.29) is 35.5 Å². The number of guanidine groups is 1. The van der Waals surface area contributed by atoms with Crippen LogP contribution in [0.4, 0.5) is 0 Å². The molecule has 2 aliphatic rings. The fourth-order valence-corrected chi connectivity index (χ4v) is 4.35. The van der Waals surface area contributed by atoms with E-state index >= 15 is 0 Å². The minimum absolute atomic E-state index is 0. The Morgan fingerprint density at radius 3 is 2.89 bits per heavy atom. The van der Waals surface area contributed by atoms with Crippen molar-refractivity contribution in [3.63, 3.8) is 0 Å². The molecule has 2 heterocycles. The Hall–Kier alpha value is -0.830. The minimum Gasteiger partial charge on any atom is -0.392 e. The van der Waals surface area contributed by atoms with Crippen LogP contribution in [-0.2, 0) is 13.5 Å². The Morgan fingerprint density at radius 2 is 2.22 bits per heavy atom. The normalized spacial score (nSPS) is 28.9. The molecule has 0 spiro atoms. The van der Waals surface area contributed by atoms with Gasteiger partial charge in [0.25, 0.3) is 0 Å². The zero-order valence-electron chi connectivity index (χ0n) is 17.0. The van der Waals surface area contributed by atoms with Crippen LogP contribution in [0.15, 0.2) is 17.4 Å². The molecular formula is C20H36IN5O. The maximum atomic E-state index is 10.4. The number of hydrogen-bond donors (Lipinski definition) is 2. The third kappa shape index (κ3) is 5.82. The first-order valence-corrected chi connectivity index (χ1v) is 10.2. The Labute approximate surface area is 180 Å². The van der Waals surface area contributed by atoms with Crippen LogP contribution in [0.3, 0.4) is 0 Å². The standard InChI is InChI=1S/C20H35N5O.HI/c1-4-21-19(22-15-20(2)9-6-5-7-18(20)26)25-10-8-16(14-25)11-17-12-23-24(3)13-17;/h12-13,16,18,26H,4-11,14-15H2,1-3H3,(H,21,22);1H. The number of nitrogens with one attached hydrogen (secondary N) is 1. The van der Waals surface area contributed by atoms with Crippen molar-refractivity contribution in [1.29, 1.82) is 0 Å². The van der Waals surface area contributed by atoms with Crippen molar-refractivity contribution in [3.05, 3.63) is 18.0 Å². The van der Waals surface area contributed by atoms with Crippen molar-refractivity contribution in [2.45, 2.75) is 58.5 Å². The van der Waals surface area contributed by atoms with Gasteiger partial charge in [0, 0.05) is 38.3 Å². The summed E-state index contributed by atoms with van der Waals surface area (Å²) < 4.78 is 1.88. The largest absolute Gasteiger partial charge is 0.392 e. The maximum Gasteiger partial charge on any atom is 0.193 e. The Kier molecular flexibility index (Phi) is 8.39. The van der Waals surface area contributed by atoms with Crippen molar-refractivity contribution < 1.29 is 5.11 Å². The van der Waals surface area contributed by atoms with Gasteiger partial charge in [-0.1, -0.05) is 19.8 Å². The van der Waals surface area contributed by atoms with E-state index < -0.39 is 0 Å². The summed E-state index contributed by atoms with van der Waals surface area (Å²) in [5, 5.41) is 18.2. The van der Waals surface area contributed by atoms with Gasteiger partial charge in [0.2, 0.25) is 0 Å². The van der Waals surface area contributed by atoms with Gasteiger partial charge in [-0.3, -0.25) is 9.67 Å². The fraction of sp³-hybridized carbons (Fsp3) is 0.800. The second kappa shape index (κ2) is 10.1. The number of aliphatic imine (C=N–C) groups is 1. The first-order valence-electron chi connectivity index (χ1n) is 10.2. The summed E-state index contributed by atoms with van der Waals surface area (Å²) in [6, 6.07) is 0. The third-order valence-corrected chi connectivity index (χ3v) is 6.07. The van der Waals surface area contributed by atoms with Gasteiger partial charge in [-0.15, -0.1) is 24.0 Å². The van der Waals surface area contributed by atoms with Crippen LogP contribution in [-0.4, -0.2) is 58.0 Å². The van der Waals surface area contributed by atoms with E-state index in [1.54, 1.807) is 0 Å². The van der Waals surface area contributed by atoms with Crippen molar-refractivity contribution >= 4 is 29.9 Å². The van der Waals surface area contributed by atoms with Gasteiger partial charge in [-0.25, -0.2) is 0 Å². The van der Waals surface area contributed by atoms with Crippen LogP contribution in [0.2, 0.25) is 0 Å². The molecule has 6 nitrogen and oxygen atoms in total. The van der Waals surface area contributed by atoms with Crippen molar-refractivity contribution in [2.24, 2.45) is 23.4 Å². The highest BCUT2D eigenvalue weighted by Gasteiger charge is 2.35. The average Bonchev–Trinajstić information content (AvgIpc) is 3.24. The smallest absolute Gasteiger partial charge is 0.193 e. The molecule has 27 heavy (non-hydrogen) atoms. The number of nitrogens with zero attached hydrogens (tertiary/aromatic N) is 4. The quantitative estimate of drug-likeness (QED) is 0.380. The van der Waals surface area contributed by atoms with Crippen LogP contribution in [0, 0.1) is 11.3 Å². The van der Waals surface area contributed by atoms with Crippen LogP contribution in [0.5, 0.6) is 0 Å². The summed E-state index contributed by atoms with van der Waals surface area (Å²) in [5.41, 5.74) is 1.24. The van der Waals surface area contributed by atoms with E-state index in [0.29, 0.717) is 12.5 Å². The lowest BCUT2D eigenvalue weighted by atomic mass is 9.73. The first-order chi connectivity index (χ1) is 12.5. The molecule has 0 bridgehead atoms. The molecule has 2 N–H and O–H groups in total. The molecule has 0 aromatic carbocycles. The highest BCUT2D eigenvalue weighted by Crippen LogP contribution is 2.36. The van der Waals surface area contributed by atoms with Crippen LogP contribution < -0.4 is 5.32 Å². The molecule has 0 radical (unpaired) electrons. The lowest BCUT2D eigenvalue weighted by Gasteiger charge is -2.37. The number of rotatable bonds is 5. The predicted octanol–water partition coefficient (Wildman–Crippen LogP) is 2.81. The van der Waals surface area contributed by atoms with Gasteiger partial charge in [0.1, 0.15) is 0 Å². The lowest BCUT2D eigenvalue weighted by molar-refractivity contribution is 0.00705. The molecule has 1 saturated carbocycles. The molecule has 2 fully saturated rings. The second-order valence-corrected chi connectivity index (χ2v) is 8.41. The van der Waals surface area contributed by atoms with E-state index in [4.69, 9.17) is 4.99 Å². The lowest BCUT2D eigenvalue weighted by Crippen LogP contribution is -2.43. The molecule has 3 unspecified atom stereocenters. The van der Waals surface area contributed by atoms with E-state index in [9.17, 15) is 5.11 Å². The molecular weight excluding hydrogens is 453 g/mol. The van der Waals surface area contributed by atoms with E-state index in [1.165, 1.54) is 18.4 Å². The number of hydrogen-bond acceptors (Lipinski definition) is 3. The summed E-state index contributed by atoms with van der Waals surface area (Å²) in [6.07, 6.45) is 10.5. The summed E-state index contributed by atoms with van der Waals surface area (Å²) in [6.45, 7) is 7.99. The monoisotopic (exact) mass is 489 g/mol. The molecule has 3 rings (SSSR count). The molecule has 7 heteroatoms. The van der Waals surface area contributed by atoms with Crippen molar-refractivity contribution in [1.82, 2.24) is 20.0 Å². The number of halogens is 1. The zero-order valence-corrected chi connectivity index (χ0v) is 19.4. The molecule has 1 aliphatic heterocycles. The minimum atomic E-state index is -0.222. The van der Waals surface area contributed by atoms with Crippen molar-refractivity contribution in [3.8, 4) is 0 Å². The second-order valence-electron chi connectivity index (χ2n) is 8.41. The van der Waals surface area contributed by atoms with Crippen LogP contribution in [0.1, 0.15) is 51.5 Å². The number of aliphatic hydroxyl groups excluding tert-OH is 1. The van der Waals surface area contributed by atoms with Crippen molar-refractivity contribution in [2.75, 3.05) is 26.2 Å². The van der Waals surface area contributed by atoms with Gasteiger partial charge >= 0.3 is 0 Å². The molecule has 1 aromatic rings. The Bertz CT molecular complexity index is 619. The third-order valence-electron chi connectivity index (χ3n) is 6.07. The molecule has 0 amide bonds. The Balaban J connectivity index is 0.00000261.